The summed E-state index contributed by atoms with van der Waals surface area (Å²) in [5, 5.41) is 3.51. The third-order valence-corrected chi connectivity index (χ3v) is 6.57. The van der Waals surface area contributed by atoms with Crippen LogP contribution in [0, 0.1) is 0 Å². The highest BCUT2D eigenvalue weighted by molar-refractivity contribution is 8.01. The predicted octanol–water partition coefficient (Wildman–Crippen LogP) is 4.53. The van der Waals surface area contributed by atoms with E-state index in [-0.39, 0.29) is 18.0 Å². The van der Waals surface area contributed by atoms with Crippen molar-refractivity contribution < 1.29 is 9.59 Å². The zero-order chi connectivity index (χ0) is 19.2. The molecule has 7 heteroatoms. The molecule has 4 rings (SSSR count). The first-order chi connectivity index (χ1) is 12.9. The normalized spacial score (nSPS) is 21.3. The van der Waals surface area contributed by atoms with E-state index >= 15 is 0 Å². The quantitative estimate of drug-likeness (QED) is 0.804. The van der Waals surface area contributed by atoms with Gasteiger partial charge in [-0.3, -0.25) is 9.69 Å². The fourth-order valence-electron chi connectivity index (χ4n) is 3.76. The van der Waals surface area contributed by atoms with Crippen molar-refractivity contribution in [2.24, 2.45) is 0 Å². The lowest BCUT2D eigenvalue weighted by molar-refractivity contribution is -0.123. The summed E-state index contributed by atoms with van der Waals surface area (Å²) in [7, 11) is 0. The number of carbonyl (C=O) groups excluding carboxylic acids is 2. The molecule has 0 radical (unpaired) electrons. The number of para-hydroxylation sites is 1. The standard InChI is InChI=1S/C20H20ClN3O2S/c1-13(2)24-17-6-4-3-5-16(17)20(18(24)25)23(11-12-27-20)19(26)22-15-9-7-14(21)8-10-15/h3-10,13H,11-12H2,1-2H3,(H,22,26). The molecule has 1 saturated heterocycles. The first kappa shape index (κ1) is 18.2. The largest absolute Gasteiger partial charge is 0.323 e. The van der Waals surface area contributed by atoms with Gasteiger partial charge in [-0.15, -0.1) is 11.8 Å². The molecular formula is C20H20ClN3O2S. The maximum atomic E-state index is 13.5. The molecule has 0 aliphatic carbocycles. The summed E-state index contributed by atoms with van der Waals surface area (Å²) in [6, 6.07) is 14.4. The van der Waals surface area contributed by atoms with Gasteiger partial charge < -0.3 is 10.2 Å². The number of nitrogens with zero attached hydrogens (tertiary/aromatic N) is 2. The van der Waals surface area contributed by atoms with Gasteiger partial charge in [0.15, 0.2) is 4.87 Å². The average molecular weight is 402 g/mol. The van der Waals surface area contributed by atoms with Gasteiger partial charge in [0.25, 0.3) is 5.91 Å². The van der Waals surface area contributed by atoms with Crippen LogP contribution in [0.1, 0.15) is 19.4 Å². The third-order valence-electron chi connectivity index (χ3n) is 4.90. The number of hydrogen-bond acceptors (Lipinski definition) is 3. The van der Waals surface area contributed by atoms with Crippen LogP contribution in [-0.2, 0) is 9.67 Å². The summed E-state index contributed by atoms with van der Waals surface area (Å²) in [4.78, 5) is 29.1. The lowest BCUT2D eigenvalue weighted by Gasteiger charge is -2.33. The van der Waals surface area contributed by atoms with Crippen molar-refractivity contribution in [2.75, 3.05) is 22.5 Å². The number of amides is 3. The molecule has 2 aliphatic heterocycles. The van der Waals surface area contributed by atoms with E-state index in [9.17, 15) is 9.59 Å². The van der Waals surface area contributed by atoms with Crippen molar-refractivity contribution in [3.63, 3.8) is 0 Å². The molecule has 1 unspecified atom stereocenters. The lowest BCUT2D eigenvalue weighted by Crippen LogP contribution is -2.52. The maximum absolute atomic E-state index is 13.5. The zero-order valence-corrected chi connectivity index (χ0v) is 16.7. The molecule has 0 saturated carbocycles. The first-order valence-electron chi connectivity index (χ1n) is 8.86. The van der Waals surface area contributed by atoms with Crippen LogP contribution in [0.2, 0.25) is 5.02 Å². The molecular weight excluding hydrogens is 382 g/mol. The Balaban J connectivity index is 1.72. The molecule has 1 N–H and O–H groups in total. The molecule has 2 aromatic carbocycles. The van der Waals surface area contributed by atoms with Crippen molar-refractivity contribution in [3.05, 3.63) is 59.1 Å². The van der Waals surface area contributed by atoms with Crippen LogP contribution in [0.25, 0.3) is 0 Å². The molecule has 1 fully saturated rings. The van der Waals surface area contributed by atoms with E-state index in [1.54, 1.807) is 34.1 Å². The molecule has 3 amide bonds. The van der Waals surface area contributed by atoms with Gasteiger partial charge in [-0.1, -0.05) is 29.8 Å². The summed E-state index contributed by atoms with van der Waals surface area (Å²) < 4.78 is 0. The monoisotopic (exact) mass is 401 g/mol. The molecule has 0 aromatic heterocycles. The Kier molecular flexibility index (Phi) is 4.56. The molecule has 2 aromatic rings. The van der Waals surface area contributed by atoms with Gasteiger partial charge in [0.05, 0.1) is 5.69 Å². The number of urea groups is 1. The Morgan fingerprint density at radius 3 is 2.59 bits per heavy atom. The van der Waals surface area contributed by atoms with Gasteiger partial charge >= 0.3 is 6.03 Å². The van der Waals surface area contributed by atoms with Crippen LogP contribution in [-0.4, -0.2) is 35.2 Å². The molecule has 5 nitrogen and oxygen atoms in total. The van der Waals surface area contributed by atoms with Gasteiger partial charge in [-0.05, 0) is 44.2 Å². The minimum Gasteiger partial charge on any atom is -0.308 e. The number of fused-ring (bicyclic) bond motifs is 2. The van der Waals surface area contributed by atoms with Crippen molar-refractivity contribution in [2.45, 2.75) is 24.8 Å². The van der Waals surface area contributed by atoms with Crippen LogP contribution < -0.4 is 10.2 Å². The van der Waals surface area contributed by atoms with Gasteiger partial charge in [0.1, 0.15) is 0 Å². The summed E-state index contributed by atoms with van der Waals surface area (Å²) in [6.45, 7) is 4.49. The van der Waals surface area contributed by atoms with E-state index in [0.29, 0.717) is 23.0 Å². The van der Waals surface area contributed by atoms with Crippen molar-refractivity contribution in [1.82, 2.24) is 4.90 Å². The van der Waals surface area contributed by atoms with E-state index < -0.39 is 4.87 Å². The molecule has 2 aliphatic rings. The highest BCUT2D eigenvalue weighted by Gasteiger charge is 2.59. The minimum atomic E-state index is -1.00. The Labute approximate surface area is 167 Å². The minimum absolute atomic E-state index is 0.0143. The Morgan fingerprint density at radius 2 is 1.89 bits per heavy atom. The second-order valence-electron chi connectivity index (χ2n) is 6.87. The van der Waals surface area contributed by atoms with Gasteiger partial charge in [-0.2, -0.15) is 0 Å². The number of hydrogen-bond donors (Lipinski definition) is 1. The zero-order valence-electron chi connectivity index (χ0n) is 15.1. The van der Waals surface area contributed by atoms with Crippen LogP contribution >= 0.6 is 23.4 Å². The first-order valence-corrected chi connectivity index (χ1v) is 10.2. The number of carbonyl (C=O) groups is 2. The van der Waals surface area contributed by atoms with E-state index in [1.165, 1.54) is 11.8 Å². The summed E-state index contributed by atoms with van der Waals surface area (Å²) in [5.74, 6) is 0.660. The Morgan fingerprint density at radius 1 is 1.19 bits per heavy atom. The summed E-state index contributed by atoms with van der Waals surface area (Å²) >= 11 is 7.44. The smallest absolute Gasteiger partial charge is 0.308 e. The van der Waals surface area contributed by atoms with Crippen molar-refractivity contribution >= 4 is 46.7 Å². The number of thioether (sulfide) groups is 1. The number of halogens is 1. The van der Waals surface area contributed by atoms with E-state index in [1.807, 2.05) is 38.1 Å². The van der Waals surface area contributed by atoms with E-state index in [4.69, 9.17) is 11.6 Å². The Bertz CT molecular complexity index is 902. The van der Waals surface area contributed by atoms with Gasteiger partial charge in [0, 0.05) is 34.6 Å². The van der Waals surface area contributed by atoms with Crippen LogP contribution in [0.5, 0.6) is 0 Å². The van der Waals surface area contributed by atoms with Crippen molar-refractivity contribution in [3.8, 4) is 0 Å². The Hall–Kier alpha value is -2.18. The number of nitrogens with one attached hydrogen (secondary N) is 1. The summed E-state index contributed by atoms with van der Waals surface area (Å²) in [6.07, 6.45) is 0. The van der Waals surface area contributed by atoms with Gasteiger partial charge in [-0.25, -0.2) is 4.79 Å². The molecule has 27 heavy (non-hydrogen) atoms. The van der Waals surface area contributed by atoms with Crippen LogP contribution in [0.15, 0.2) is 48.5 Å². The summed E-state index contributed by atoms with van der Waals surface area (Å²) in [5.41, 5.74) is 2.42. The number of anilines is 2. The third kappa shape index (κ3) is 2.78. The molecule has 1 spiro atoms. The molecule has 2 heterocycles. The maximum Gasteiger partial charge on any atom is 0.323 e. The van der Waals surface area contributed by atoms with Gasteiger partial charge in [0.2, 0.25) is 0 Å². The van der Waals surface area contributed by atoms with Crippen LogP contribution in [0.3, 0.4) is 0 Å². The van der Waals surface area contributed by atoms with Crippen LogP contribution in [0.4, 0.5) is 16.2 Å². The highest BCUT2D eigenvalue weighted by atomic mass is 35.5. The number of benzene rings is 2. The topological polar surface area (TPSA) is 52.7 Å². The second-order valence-corrected chi connectivity index (χ2v) is 8.59. The van der Waals surface area contributed by atoms with Crippen molar-refractivity contribution in [1.29, 1.82) is 0 Å². The van der Waals surface area contributed by atoms with E-state index in [0.717, 1.165) is 11.3 Å². The molecule has 140 valence electrons. The lowest BCUT2D eigenvalue weighted by atomic mass is 10.1. The fraction of sp³-hybridized carbons (Fsp3) is 0.300. The fourth-order valence-corrected chi connectivity index (χ4v) is 5.34. The average Bonchev–Trinajstić information content (AvgIpc) is 3.19. The van der Waals surface area contributed by atoms with E-state index in [2.05, 4.69) is 5.32 Å². The second kappa shape index (κ2) is 6.77. The molecule has 1 atom stereocenters. The highest BCUT2D eigenvalue weighted by Crippen LogP contribution is 2.54. The number of rotatable bonds is 2. The molecule has 0 bridgehead atoms. The predicted molar refractivity (Wildman–Crippen MR) is 110 cm³/mol. The SMILES string of the molecule is CC(C)N1C(=O)C2(SCCN2C(=O)Nc2ccc(Cl)cc2)c2ccccc21.